The summed E-state index contributed by atoms with van der Waals surface area (Å²) in [6.07, 6.45) is 11.4. The molecule has 0 spiro atoms. The molecule has 0 bridgehead atoms. The molecular formula is C26H15N3O2STe. The van der Waals surface area contributed by atoms with Crippen molar-refractivity contribution < 1.29 is 9.59 Å². The average Bonchev–Trinajstić information content (AvgIpc) is 3.58. The number of thiophene rings is 1. The first-order chi connectivity index (χ1) is 16.2. The standard InChI is InChI=1S/C26H15N3O2STe/c30-22-18-5-8-32-24(18)23(31)19(22)11-14-9-15-12-17(13-16(15)10-14)29-25-20(3-1-6-27-25)33-21-4-2-7-28-26(21)29/h1-9,11,13H,10,12H2/b19-11+. The van der Waals surface area contributed by atoms with Crippen molar-refractivity contribution in [3.8, 4) is 0 Å². The van der Waals surface area contributed by atoms with Gasteiger partial charge in [0.2, 0.25) is 0 Å². The van der Waals surface area contributed by atoms with Crippen molar-refractivity contribution in [2.75, 3.05) is 4.90 Å². The minimum Gasteiger partial charge on any atom is -0.140 e. The van der Waals surface area contributed by atoms with E-state index in [4.69, 9.17) is 9.97 Å². The number of hydrogen-bond donors (Lipinski definition) is 0. The molecule has 0 saturated carbocycles. The van der Waals surface area contributed by atoms with Crippen LogP contribution >= 0.6 is 11.3 Å². The van der Waals surface area contributed by atoms with Crippen LogP contribution in [0, 0.1) is 0 Å². The van der Waals surface area contributed by atoms with Crippen LogP contribution in [-0.2, 0) is 0 Å². The normalized spacial score (nSPS) is 19.5. The van der Waals surface area contributed by atoms with Crippen LogP contribution in [0.4, 0.5) is 11.6 Å². The Bertz CT molecular complexity index is 1460. The number of rotatable bonds is 2. The molecule has 0 N–H and O–H groups in total. The van der Waals surface area contributed by atoms with Crippen molar-refractivity contribution in [1.29, 1.82) is 0 Å². The zero-order valence-electron chi connectivity index (χ0n) is 17.2. The summed E-state index contributed by atoms with van der Waals surface area (Å²) in [6.45, 7) is 0. The number of Topliss-reactive ketones (excluding diaryl/α,β-unsaturated/α-hetero) is 2. The van der Waals surface area contributed by atoms with Gasteiger partial charge < -0.3 is 0 Å². The van der Waals surface area contributed by atoms with Crippen LogP contribution in [0.1, 0.15) is 32.9 Å². The molecule has 0 fully saturated rings. The minimum absolute atomic E-state index is 0.142. The Morgan fingerprint density at radius 3 is 2.33 bits per heavy atom. The molecule has 33 heavy (non-hydrogen) atoms. The van der Waals surface area contributed by atoms with Crippen LogP contribution in [0.25, 0.3) is 0 Å². The summed E-state index contributed by atoms with van der Waals surface area (Å²) in [5.74, 6) is 1.70. The SMILES string of the molecule is O=C1/C(=C\C2=CC3=C(C=C(N4c5ncccc5[Te]c5cccnc54)C3)C2)C(=O)c2sccc21. The predicted molar refractivity (Wildman–Crippen MR) is 129 cm³/mol. The van der Waals surface area contributed by atoms with Crippen molar-refractivity contribution in [3.05, 3.63) is 105 Å². The van der Waals surface area contributed by atoms with Crippen LogP contribution in [0.15, 0.2) is 94.3 Å². The molecule has 0 amide bonds. The summed E-state index contributed by atoms with van der Waals surface area (Å²) in [6, 6.07) is 10.1. The molecule has 0 atom stereocenters. The van der Waals surface area contributed by atoms with E-state index in [1.54, 1.807) is 17.5 Å². The number of hydrogen-bond acceptors (Lipinski definition) is 6. The number of carbonyl (C=O) groups excluding carboxylic acids is 2. The molecule has 0 saturated heterocycles. The van der Waals surface area contributed by atoms with Crippen LogP contribution in [0.3, 0.4) is 0 Å². The second-order valence-electron chi connectivity index (χ2n) is 8.23. The number of allylic oxidation sites excluding steroid dienone is 7. The number of anilines is 2. The smallest absolute Gasteiger partial charge is 0.140 e. The summed E-state index contributed by atoms with van der Waals surface area (Å²) in [4.78, 5) is 37.5. The molecule has 3 aromatic heterocycles. The number of nitrogens with zero attached hydrogens (tertiary/aromatic N) is 3. The van der Waals surface area contributed by atoms with E-state index < -0.39 is 20.9 Å². The second kappa shape index (κ2) is 7.19. The van der Waals surface area contributed by atoms with Gasteiger partial charge in [-0.25, -0.2) is 0 Å². The molecule has 3 aliphatic carbocycles. The summed E-state index contributed by atoms with van der Waals surface area (Å²) in [5, 5.41) is 1.80. The van der Waals surface area contributed by atoms with E-state index >= 15 is 0 Å². The summed E-state index contributed by atoms with van der Waals surface area (Å²) >= 11 is 0.824. The number of aromatic nitrogens is 2. The van der Waals surface area contributed by atoms with Crippen LogP contribution in [0.2, 0.25) is 0 Å². The molecule has 5 nitrogen and oxygen atoms in total. The van der Waals surface area contributed by atoms with E-state index in [9.17, 15) is 9.59 Å². The predicted octanol–water partition coefficient (Wildman–Crippen LogP) is 3.56. The molecular weight excluding hydrogens is 546 g/mol. The fraction of sp³-hybridized carbons (Fsp3) is 0.0769. The van der Waals surface area contributed by atoms with E-state index in [1.807, 2.05) is 24.5 Å². The van der Waals surface area contributed by atoms with Gasteiger partial charge in [-0.15, -0.1) is 11.3 Å². The van der Waals surface area contributed by atoms with Gasteiger partial charge in [-0.3, -0.25) is 0 Å². The molecule has 0 aromatic carbocycles. The van der Waals surface area contributed by atoms with Crippen LogP contribution < -0.4 is 12.1 Å². The van der Waals surface area contributed by atoms with Gasteiger partial charge in [-0.1, -0.05) is 0 Å². The monoisotopic (exact) mass is 563 g/mol. The van der Waals surface area contributed by atoms with Gasteiger partial charge in [-0.2, -0.15) is 0 Å². The number of carbonyl (C=O) groups is 2. The van der Waals surface area contributed by atoms with Gasteiger partial charge in [0.15, 0.2) is 0 Å². The molecule has 3 aromatic rings. The number of pyridine rings is 2. The topological polar surface area (TPSA) is 63.2 Å². The van der Waals surface area contributed by atoms with Crippen LogP contribution in [0.5, 0.6) is 0 Å². The Labute approximate surface area is 204 Å². The Kier molecular flexibility index (Phi) is 4.22. The first-order valence-electron chi connectivity index (χ1n) is 10.6. The Balaban J connectivity index is 1.19. The Morgan fingerprint density at radius 1 is 0.909 bits per heavy atom. The maximum atomic E-state index is 12.6. The molecule has 4 aliphatic rings. The van der Waals surface area contributed by atoms with Crippen molar-refractivity contribution in [2.24, 2.45) is 0 Å². The van der Waals surface area contributed by atoms with Crippen molar-refractivity contribution in [1.82, 2.24) is 9.97 Å². The van der Waals surface area contributed by atoms with Crippen LogP contribution in [-0.4, -0.2) is 42.5 Å². The third kappa shape index (κ3) is 2.90. The van der Waals surface area contributed by atoms with Gasteiger partial charge in [0.1, 0.15) is 0 Å². The zero-order valence-corrected chi connectivity index (χ0v) is 20.4. The first-order valence-corrected chi connectivity index (χ1v) is 13.8. The zero-order chi connectivity index (χ0) is 22.1. The summed E-state index contributed by atoms with van der Waals surface area (Å²) < 4.78 is 2.64. The molecule has 158 valence electrons. The Morgan fingerprint density at radius 2 is 1.64 bits per heavy atom. The first kappa shape index (κ1) is 19.4. The van der Waals surface area contributed by atoms with Gasteiger partial charge in [0, 0.05) is 0 Å². The van der Waals surface area contributed by atoms with E-state index in [-0.39, 0.29) is 11.6 Å². The number of ketones is 2. The molecule has 1 aliphatic heterocycles. The molecule has 4 heterocycles. The number of fused-ring (bicyclic) bond motifs is 3. The maximum absolute atomic E-state index is 12.6. The van der Waals surface area contributed by atoms with E-state index in [0.29, 0.717) is 16.0 Å². The summed E-state index contributed by atoms with van der Waals surface area (Å²) in [5.41, 5.74) is 5.51. The fourth-order valence-corrected chi connectivity index (χ4v) is 8.50. The van der Waals surface area contributed by atoms with Crippen molar-refractivity contribution in [3.63, 3.8) is 0 Å². The fourth-order valence-electron chi connectivity index (χ4n) is 4.79. The van der Waals surface area contributed by atoms with Gasteiger partial charge >= 0.3 is 182 Å². The third-order valence-corrected chi connectivity index (χ3v) is 10.2. The molecule has 0 unspecified atom stereocenters. The van der Waals surface area contributed by atoms with E-state index in [2.05, 4.69) is 29.2 Å². The van der Waals surface area contributed by atoms with E-state index in [1.165, 1.54) is 35.4 Å². The Hall–Kier alpha value is -3.11. The molecule has 7 heteroatoms. The average molecular weight is 561 g/mol. The minimum atomic E-state index is -0.518. The third-order valence-electron chi connectivity index (χ3n) is 6.25. The second-order valence-corrected chi connectivity index (χ2v) is 12.2. The van der Waals surface area contributed by atoms with E-state index in [0.717, 1.165) is 30.1 Å². The molecule has 0 radical (unpaired) electrons. The van der Waals surface area contributed by atoms with Gasteiger partial charge in [0.05, 0.1) is 0 Å². The molecule has 7 rings (SSSR count). The summed E-state index contributed by atoms with van der Waals surface area (Å²) in [7, 11) is 0. The van der Waals surface area contributed by atoms with Crippen molar-refractivity contribution in [2.45, 2.75) is 12.8 Å². The quantitative estimate of drug-likeness (QED) is 0.272. The van der Waals surface area contributed by atoms with Crippen molar-refractivity contribution >= 4 is 62.7 Å². The van der Waals surface area contributed by atoms with Gasteiger partial charge in [-0.05, 0) is 11.4 Å². The van der Waals surface area contributed by atoms with Gasteiger partial charge in [0.25, 0.3) is 0 Å².